The molecule has 0 bridgehead atoms. The molecule has 2 heterocycles. The van der Waals surface area contributed by atoms with Crippen LogP contribution < -0.4 is 5.32 Å². The van der Waals surface area contributed by atoms with Crippen LogP contribution >= 0.6 is 0 Å². The first-order chi connectivity index (χ1) is 25.3. The number of nitrogens with zero attached hydrogens (tertiary/aromatic N) is 4. The van der Waals surface area contributed by atoms with Gasteiger partial charge in [-0.2, -0.15) is 0 Å². The van der Waals surface area contributed by atoms with Gasteiger partial charge in [-0.1, -0.05) is 146 Å². The molecule has 1 N–H and O–H groups in total. The molecule has 1 aliphatic rings. The van der Waals surface area contributed by atoms with Crippen LogP contribution in [0.2, 0.25) is 0 Å². The molecular weight excluding hydrogens is 623 g/mol. The molecular formula is C46H31N5. The molecule has 9 aromatic rings. The van der Waals surface area contributed by atoms with Gasteiger partial charge in [-0.25, -0.2) is 15.0 Å². The molecule has 0 radical (unpaired) electrons. The van der Waals surface area contributed by atoms with E-state index >= 15 is 0 Å². The smallest absolute Gasteiger partial charge is 0.159 e. The second-order valence-corrected chi connectivity index (χ2v) is 12.9. The highest BCUT2D eigenvalue weighted by atomic mass is 15.2. The van der Waals surface area contributed by atoms with E-state index in [0.717, 1.165) is 77.6 Å². The monoisotopic (exact) mass is 653 g/mol. The fraction of sp³-hybridized carbons (Fsp3) is 0.0217. The summed E-state index contributed by atoms with van der Waals surface area (Å²) < 4.78 is 2.31. The summed E-state index contributed by atoms with van der Waals surface area (Å²) in [6.07, 6.45) is -0.289. The first-order valence-corrected chi connectivity index (χ1v) is 17.2. The number of amidine groups is 2. The summed E-state index contributed by atoms with van der Waals surface area (Å²) in [4.78, 5) is 15.6. The molecule has 0 saturated heterocycles. The second-order valence-electron chi connectivity index (χ2n) is 12.9. The molecule has 10 rings (SSSR count). The van der Waals surface area contributed by atoms with Crippen LogP contribution in [0.1, 0.15) is 22.9 Å². The molecule has 0 fully saturated rings. The average Bonchev–Trinajstić information content (AvgIpc) is 3.61. The summed E-state index contributed by atoms with van der Waals surface area (Å²) in [5.74, 6) is 2.41. The molecule has 1 aliphatic heterocycles. The zero-order valence-electron chi connectivity index (χ0n) is 27.6. The lowest BCUT2D eigenvalue weighted by atomic mass is 9.98. The molecule has 1 aromatic heterocycles. The van der Waals surface area contributed by atoms with Gasteiger partial charge in [0.05, 0.1) is 11.0 Å². The normalized spacial score (nSPS) is 14.5. The molecule has 8 aromatic carbocycles. The van der Waals surface area contributed by atoms with E-state index in [1.807, 2.05) is 12.1 Å². The third-order valence-corrected chi connectivity index (χ3v) is 9.80. The Morgan fingerprint density at radius 2 is 1.16 bits per heavy atom. The molecule has 1 atom stereocenters. The van der Waals surface area contributed by atoms with Gasteiger partial charge in [-0.15, -0.1) is 0 Å². The third-order valence-electron chi connectivity index (χ3n) is 9.80. The van der Waals surface area contributed by atoms with Crippen LogP contribution in [0.4, 0.5) is 0 Å². The molecule has 51 heavy (non-hydrogen) atoms. The Morgan fingerprint density at radius 3 is 1.98 bits per heavy atom. The van der Waals surface area contributed by atoms with Crippen molar-refractivity contribution in [2.24, 2.45) is 9.98 Å². The van der Waals surface area contributed by atoms with Gasteiger partial charge in [0.1, 0.15) is 17.8 Å². The molecule has 1 unspecified atom stereocenters. The van der Waals surface area contributed by atoms with Gasteiger partial charge in [0.2, 0.25) is 0 Å². The quantitative estimate of drug-likeness (QED) is 0.188. The zero-order valence-corrected chi connectivity index (χ0v) is 27.6. The largest absolute Gasteiger partial charge is 0.344 e. The number of aromatic nitrogens is 2. The average molecular weight is 654 g/mol. The van der Waals surface area contributed by atoms with Crippen LogP contribution in [0.3, 0.4) is 0 Å². The fourth-order valence-electron chi connectivity index (χ4n) is 7.32. The Labute approximate surface area is 294 Å². The van der Waals surface area contributed by atoms with Gasteiger partial charge in [0.25, 0.3) is 0 Å². The first-order valence-electron chi connectivity index (χ1n) is 17.2. The highest BCUT2D eigenvalue weighted by Gasteiger charge is 2.23. The number of aliphatic imine (C=N–C) groups is 2. The summed E-state index contributed by atoms with van der Waals surface area (Å²) in [7, 11) is 0. The van der Waals surface area contributed by atoms with Gasteiger partial charge in [-0.05, 0) is 62.8 Å². The van der Waals surface area contributed by atoms with Crippen LogP contribution in [0.5, 0.6) is 0 Å². The van der Waals surface area contributed by atoms with E-state index in [-0.39, 0.29) is 6.17 Å². The van der Waals surface area contributed by atoms with Crippen molar-refractivity contribution in [1.29, 1.82) is 0 Å². The lowest BCUT2D eigenvalue weighted by Crippen LogP contribution is -2.33. The summed E-state index contributed by atoms with van der Waals surface area (Å²) in [5, 5.41) is 10.6. The van der Waals surface area contributed by atoms with E-state index in [1.54, 1.807) is 0 Å². The number of rotatable bonds is 5. The molecule has 5 nitrogen and oxygen atoms in total. The third kappa shape index (κ3) is 5.06. The van der Waals surface area contributed by atoms with Gasteiger partial charge in [0, 0.05) is 27.8 Å². The SMILES string of the molecule is c1ccc(-c2nc3ccc4ccc5ccc(C6=NC(c7ccc8ccccc8c7)=NC(c7ccccc7)N6)cc5c4c3n2-c2ccccc2)cc1. The van der Waals surface area contributed by atoms with Crippen molar-refractivity contribution < 1.29 is 0 Å². The Balaban J connectivity index is 1.20. The number of hydrogen-bond acceptors (Lipinski definition) is 4. The second kappa shape index (κ2) is 11.9. The van der Waals surface area contributed by atoms with Crippen LogP contribution in [0, 0.1) is 0 Å². The maximum absolute atomic E-state index is 5.25. The summed E-state index contributed by atoms with van der Waals surface area (Å²) in [6.45, 7) is 0. The van der Waals surface area contributed by atoms with Crippen LogP contribution in [-0.4, -0.2) is 21.2 Å². The minimum absolute atomic E-state index is 0.289. The topological polar surface area (TPSA) is 54.6 Å². The van der Waals surface area contributed by atoms with E-state index < -0.39 is 0 Å². The Bertz CT molecular complexity index is 2820. The number of hydrogen-bond donors (Lipinski definition) is 1. The van der Waals surface area contributed by atoms with Crippen molar-refractivity contribution in [3.63, 3.8) is 0 Å². The number of benzene rings is 8. The van der Waals surface area contributed by atoms with Crippen LogP contribution in [-0.2, 0) is 0 Å². The predicted molar refractivity (Wildman–Crippen MR) is 211 cm³/mol. The summed E-state index contributed by atoms with van der Waals surface area (Å²) in [6, 6.07) is 61.6. The minimum Gasteiger partial charge on any atom is -0.344 e. The Morgan fingerprint density at radius 1 is 0.510 bits per heavy atom. The predicted octanol–water partition coefficient (Wildman–Crippen LogP) is 10.6. The lowest BCUT2D eigenvalue weighted by Gasteiger charge is -2.24. The maximum Gasteiger partial charge on any atom is 0.159 e. The van der Waals surface area contributed by atoms with E-state index in [1.165, 1.54) is 5.39 Å². The molecule has 240 valence electrons. The summed E-state index contributed by atoms with van der Waals surface area (Å²) in [5.41, 5.74) is 7.23. The minimum atomic E-state index is -0.289. The van der Waals surface area contributed by atoms with Crippen LogP contribution in [0.15, 0.2) is 186 Å². The molecule has 0 saturated carbocycles. The van der Waals surface area contributed by atoms with E-state index in [4.69, 9.17) is 15.0 Å². The highest BCUT2D eigenvalue weighted by Crippen LogP contribution is 2.37. The van der Waals surface area contributed by atoms with E-state index in [0.29, 0.717) is 5.84 Å². The van der Waals surface area contributed by atoms with Crippen molar-refractivity contribution >= 4 is 55.0 Å². The van der Waals surface area contributed by atoms with Crippen molar-refractivity contribution in [2.45, 2.75) is 6.17 Å². The Kier molecular flexibility index (Phi) is 6.81. The molecule has 5 heteroatoms. The zero-order chi connectivity index (χ0) is 33.7. The van der Waals surface area contributed by atoms with E-state index in [9.17, 15) is 0 Å². The number of para-hydroxylation sites is 1. The number of fused-ring (bicyclic) bond motifs is 6. The van der Waals surface area contributed by atoms with Crippen molar-refractivity contribution in [3.8, 4) is 17.1 Å². The lowest BCUT2D eigenvalue weighted by molar-refractivity contribution is 0.674. The maximum atomic E-state index is 5.25. The van der Waals surface area contributed by atoms with Crippen molar-refractivity contribution in [3.05, 3.63) is 193 Å². The number of imidazole rings is 1. The van der Waals surface area contributed by atoms with Gasteiger partial charge >= 0.3 is 0 Å². The Hall–Kier alpha value is -6.85. The standard InChI is InChI=1S/C46H31N5/c1-4-13-33(14-5-1)43-48-44(36-24-20-30-12-10-11-17-35(30)28-36)50-45(49-43)37-25-22-31-21-23-32-26-27-40-42(41(32)39(31)29-37)51(38-18-8-3-9-19-38)46(47-40)34-15-6-2-7-16-34/h1-29,43H,(H,48,49,50). The molecule has 0 aliphatic carbocycles. The van der Waals surface area contributed by atoms with E-state index in [2.05, 4.69) is 174 Å². The van der Waals surface area contributed by atoms with Gasteiger partial charge in [0.15, 0.2) is 5.84 Å². The number of nitrogens with one attached hydrogen (secondary N) is 1. The van der Waals surface area contributed by atoms with Crippen molar-refractivity contribution in [2.75, 3.05) is 0 Å². The van der Waals surface area contributed by atoms with Crippen molar-refractivity contribution in [1.82, 2.24) is 14.9 Å². The molecule has 0 amide bonds. The van der Waals surface area contributed by atoms with Crippen LogP contribution in [0.25, 0.3) is 60.4 Å². The van der Waals surface area contributed by atoms with Gasteiger partial charge in [-0.3, -0.25) is 4.57 Å². The molecule has 0 spiro atoms. The highest BCUT2D eigenvalue weighted by molar-refractivity contribution is 6.21. The fourth-order valence-corrected chi connectivity index (χ4v) is 7.32. The first kappa shape index (κ1) is 29.1. The van der Waals surface area contributed by atoms with Gasteiger partial charge < -0.3 is 5.32 Å². The summed E-state index contributed by atoms with van der Waals surface area (Å²) >= 11 is 0.